The molecule has 1 unspecified atom stereocenters. The number of hydrogen-bond donors (Lipinski definition) is 0. The van der Waals surface area contributed by atoms with Gasteiger partial charge in [-0.15, -0.1) is 30.4 Å². The van der Waals surface area contributed by atoms with Crippen LogP contribution in [0.3, 0.4) is 0 Å². The predicted molar refractivity (Wildman–Crippen MR) is 51.8 cm³/mol. The Kier molecular flexibility index (Phi) is 10.0. The molecule has 52 valence electrons. The topological polar surface area (TPSA) is 0 Å². The molecule has 0 aromatic rings. The number of halogens is 1. The molecule has 0 aliphatic heterocycles. The van der Waals surface area contributed by atoms with Crippen molar-refractivity contribution in [2.24, 2.45) is 0 Å². The van der Waals surface area contributed by atoms with Crippen LogP contribution in [0.4, 0.5) is 0 Å². The van der Waals surface area contributed by atoms with Crippen molar-refractivity contribution >= 4 is 39.9 Å². The largest absolute Gasteiger partial charge is 0.360 e. The standard InChI is InChI=1S/C6H11.ClH.Mg.H3Si/c1-4-5-6(2)3;;;/h4-5H,1-3H3;1H;;1H3. The van der Waals surface area contributed by atoms with Gasteiger partial charge in [-0.2, -0.15) is 0 Å². The Labute approximate surface area is 76.2 Å². The van der Waals surface area contributed by atoms with Gasteiger partial charge in [-0.3, -0.25) is 0 Å². The summed E-state index contributed by atoms with van der Waals surface area (Å²) in [7, 11) is 1.47. The molecule has 0 heterocycles. The van der Waals surface area contributed by atoms with Crippen molar-refractivity contribution in [2.45, 2.75) is 24.8 Å². The molecular weight excluding hydrogens is 160 g/mol. The molecular formula is C6H15ClMgSi. The summed E-state index contributed by atoms with van der Waals surface area (Å²) >= 11 is 0.358. The summed E-state index contributed by atoms with van der Waals surface area (Å²) in [6.45, 7) is 6.70. The quantitative estimate of drug-likeness (QED) is 0.436. The lowest BCUT2D eigenvalue weighted by Crippen LogP contribution is -1.94. The summed E-state index contributed by atoms with van der Waals surface area (Å²) in [5.74, 6) is 0. The molecule has 0 aliphatic rings. The summed E-state index contributed by atoms with van der Waals surface area (Å²) in [5, 5.41) is 0. The van der Waals surface area contributed by atoms with E-state index in [2.05, 4.69) is 26.8 Å². The average Bonchev–Trinajstić information content (AvgIpc) is 1.65. The first-order valence-electron chi connectivity index (χ1n) is 3.31. The van der Waals surface area contributed by atoms with Gasteiger partial charge < -0.3 is 0 Å². The molecule has 0 radical (unpaired) electrons. The van der Waals surface area contributed by atoms with E-state index in [0.29, 0.717) is 19.6 Å². The highest BCUT2D eigenvalue weighted by Gasteiger charge is 1.94. The van der Waals surface area contributed by atoms with Crippen molar-refractivity contribution in [3.05, 3.63) is 11.6 Å². The van der Waals surface area contributed by atoms with E-state index in [1.165, 1.54) is 13.5 Å². The van der Waals surface area contributed by atoms with E-state index in [1.54, 1.807) is 0 Å². The molecule has 0 saturated carbocycles. The summed E-state index contributed by atoms with van der Waals surface area (Å²) < 4.78 is 0.965. The minimum absolute atomic E-state index is 0. The first kappa shape index (κ1) is 12.7. The lowest BCUT2D eigenvalue weighted by molar-refractivity contribution is 1.16. The maximum Gasteiger partial charge on any atom is 0.360 e. The third-order valence-corrected chi connectivity index (χ3v) is 6.65. The first-order chi connectivity index (χ1) is 3.66. The zero-order valence-electron chi connectivity index (χ0n) is 6.77. The Morgan fingerprint density at radius 3 is 2.11 bits per heavy atom. The van der Waals surface area contributed by atoms with Crippen LogP contribution in [-0.2, 0) is 0 Å². The second-order valence-electron chi connectivity index (χ2n) is 2.63. The van der Waals surface area contributed by atoms with Gasteiger partial charge in [-0.25, -0.2) is 0 Å². The molecule has 0 N–H and O–H groups in total. The van der Waals surface area contributed by atoms with Crippen LogP contribution in [0.5, 0.6) is 0 Å². The molecule has 0 rings (SSSR count). The van der Waals surface area contributed by atoms with Crippen molar-refractivity contribution in [3.8, 4) is 0 Å². The second kappa shape index (κ2) is 7.12. The van der Waals surface area contributed by atoms with Crippen molar-refractivity contribution < 1.29 is 0 Å². The fourth-order valence-electron chi connectivity index (χ4n) is 0.687. The van der Waals surface area contributed by atoms with Crippen LogP contribution in [-0.4, -0.2) is 27.5 Å². The Balaban J connectivity index is 0. The Bertz CT molecular complexity index is 89.1. The van der Waals surface area contributed by atoms with Gasteiger partial charge in [0.1, 0.15) is 0 Å². The summed E-state index contributed by atoms with van der Waals surface area (Å²) in [6.07, 6.45) is 2.40. The van der Waals surface area contributed by atoms with E-state index >= 15 is 0 Å². The summed E-state index contributed by atoms with van der Waals surface area (Å²) in [5.41, 5.74) is 1.49. The highest BCUT2D eigenvalue weighted by molar-refractivity contribution is 6.90. The molecule has 3 heteroatoms. The van der Waals surface area contributed by atoms with E-state index in [9.17, 15) is 0 Å². The van der Waals surface area contributed by atoms with Gasteiger partial charge in [0, 0.05) is 0 Å². The minimum Gasteiger partial charge on any atom is -0.147 e. The maximum atomic E-state index is 2.40. The summed E-state index contributed by atoms with van der Waals surface area (Å²) in [4.78, 5) is 0. The predicted octanol–water partition coefficient (Wildman–Crippen LogP) is 1.17. The Morgan fingerprint density at radius 1 is 1.56 bits per heavy atom. The van der Waals surface area contributed by atoms with Crippen LogP contribution in [0.2, 0.25) is 4.05 Å². The van der Waals surface area contributed by atoms with E-state index in [1.807, 2.05) is 0 Å². The lowest BCUT2D eigenvalue weighted by atomic mass is 10.3. The van der Waals surface area contributed by atoms with Gasteiger partial charge in [0.15, 0.2) is 0 Å². The molecule has 1 atom stereocenters. The average molecular weight is 175 g/mol. The molecule has 0 spiro atoms. The van der Waals surface area contributed by atoms with Crippen LogP contribution < -0.4 is 0 Å². The van der Waals surface area contributed by atoms with Crippen LogP contribution >= 0.6 is 12.4 Å². The highest BCUT2D eigenvalue weighted by Crippen LogP contribution is 2.04. The van der Waals surface area contributed by atoms with Crippen molar-refractivity contribution in [1.82, 2.24) is 0 Å². The maximum absolute atomic E-state index is 2.40. The van der Waals surface area contributed by atoms with Gasteiger partial charge in [0.2, 0.25) is 0 Å². The van der Waals surface area contributed by atoms with E-state index in [0.717, 1.165) is 4.05 Å². The zero-order chi connectivity index (χ0) is 6.57. The fourth-order valence-corrected chi connectivity index (χ4v) is 2.10. The van der Waals surface area contributed by atoms with E-state index in [-0.39, 0.29) is 12.4 Å². The second-order valence-corrected chi connectivity index (χ2v) is 7.18. The van der Waals surface area contributed by atoms with Gasteiger partial charge in [0.05, 0.1) is 0 Å². The SMILES string of the molecule is CC(C)=C[CH](C)[Mg][SiH3].Cl. The third kappa shape index (κ3) is 9.01. The summed E-state index contributed by atoms with van der Waals surface area (Å²) in [6, 6.07) is 0. The zero-order valence-corrected chi connectivity index (χ0v) is 11.0. The van der Waals surface area contributed by atoms with Crippen molar-refractivity contribution in [2.75, 3.05) is 0 Å². The molecule has 0 aromatic carbocycles. The number of rotatable bonds is 2. The van der Waals surface area contributed by atoms with Crippen LogP contribution in [0.1, 0.15) is 20.8 Å². The highest BCUT2D eigenvalue weighted by atomic mass is 35.5. The smallest absolute Gasteiger partial charge is 0.147 e. The van der Waals surface area contributed by atoms with E-state index in [4.69, 9.17) is 0 Å². The number of allylic oxidation sites excluding steroid dienone is 2. The van der Waals surface area contributed by atoms with E-state index < -0.39 is 0 Å². The van der Waals surface area contributed by atoms with Crippen molar-refractivity contribution in [3.63, 3.8) is 0 Å². The van der Waals surface area contributed by atoms with Gasteiger partial charge >= 0.3 is 19.6 Å². The molecule has 0 amide bonds. The van der Waals surface area contributed by atoms with Crippen LogP contribution in [0.25, 0.3) is 0 Å². The molecule has 0 fully saturated rings. The number of hydrogen-bond acceptors (Lipinski definition) is 0. The van der Waals surface area contributed by atoms with Crippen LogP contribution in [0, 0.1) is 0 Å². The Hall–Kier alpha value is 1.01. The van der Waals surface area contributed by atoms with Gasteiger partial charge in [-0.1, -0.05) is 12.5 Å². The molecule has 0 nitrogen and oxygen atoms in total. The van der Waals surface area contributed by atoms with Gasteiger partial charge in [-0.05, 0) is 13.8 Å². The minimum atomic E-state index is 0. The monoisotopic (exact) mass is 174 g/mol. The van der Waals surface area contributed by atoms with Gasteiger partial charge in [0.25, 0.3) is 0 Å². The fraction of sp³-hybridized carbons (Fsp3) is 0.667. The Morgan fingerprint density at radius 2 is 2.00 bits per heavy atom. The molecule has 0 saturated heterocycles. The normalized spacial score (nSPS) is 11.0. The molecule has 9 heavy (non-hydrogen) atoms. The molecule has 0 aliphatic carbocycles. The van der Waals surface area contributed by atoms with Crippen molar-refractivity contribution in [1.29, 1.82) is 0 Å². The molecule has 0 aromatic heterocycles. The lowest BCUT2D eigenvalue weighted by Gasteiger charge is -1.98. The third-order valence-electron chi connectivity index (χ3n) is 1.26. The first-order valence-corrected chi connectivity index (χ1v) is 9.79. The molecule has 0 bridgehead atoms. The van der Waals surface area contributed by atoms with Crippen LogP contribution in [0.15, 0.2) is 11.6 Å².